The molecule has 0 aliphatic heterocycles. The van der Waals surface area contributed by atoms with E-state index in [0.717, 1.165) is 5.76 Å². The summed E-state index contributed by atoms with van der Waals surface area (Å²) in [5.74, 6) is 0.136. The zero-order valence-corrected chi connectivity index (χ0v) is 10.5. The molecule has 1 unspecified atom stereocenters. The first kappa shape index (κ1) is 14.3. The van der Waals surface area contributed by atoms with Crippen molar-refractivity contribution in [3.63, 3.8) is 0 Å². The summed E-state index contributed by atoms with van der Waals surface area (Å²) in [5.41, 5.74) is 0. The molecule has 0 fully saturated rings. The molecule has 0 aliphatic carbocycles. The fraction of sp³-hybridized carbons (Fsp3) is 0.538. The molecule has 0 bridgehead atoms. The highest BCUT2D eigenvalue weighted by Gasteiger charge is 2.08. The Morgan fingerprint density at radius 2 is 2.22 bits per heavy atom. The highest BCUT2D eigenvalue weighted by molar-refractivity contribution is 5.76. The second-order valence-corrected chi connectivity index (χ2v) is 4.42. The van der Waals surface area contributed by atoms with Crippen molar-refractivity contribution in [3.05, 3.63) is 24.2 Å². The predicted molar refractivity (Wildman–Crippen MR) is 66.1 cm³/mol. The zero-order chi connectivity index (χ0) is 13.4. The molecular formula is C13H19NO4. The quantitative estimate of drug-likeness (QED) is 0.740. The number of carboxylic acids is 1. The average Bonchev–Trinajstić information content (AvgIpc) is 2.84. The van der Waals surface area contributed by atoms with Gasteiger partial charge in [-0.25, -0.2) is 0 Å². The Hall–Kier alpha value is -1.78. The van der Waals surface area contributed by atoms with Crippen molar-refractivity contribution in [1.29, 1.82) is 0 Å². The van der Waals surface area contributed by atoms with E-state index in [-0.39, 0.29) is 18.2 Å². The van der Waals surface area contributed by atoms with Gasteiger partial charge in [0.15, 0.2) is 0 Å². The topological polar surface area (TPSA) is 79.5 Å². The fourth-order valence-electron chi connectivity index (χ4n) is 1.54. The molecule has 0 saturated heterocycles. The van der Waals surface area contributed by atoms with Crippen LogP contribution in [0.3, 0.4) is 0 Å². The molecule has 0 saturated carbocycles. The van der Waals surface area contributed by atoms with E-state index in [4.69, 9.17) is 9.52 Å². The summed E-state index contributed by atoms with van der Waals surface area (Å²) < 4.78 is 5.13. The molecule has 0 radical (unpaired) electrons. The van der Waals surface area contributed by atoms with Crippen LogP contribution in [0.2, 0.25) is 0 Å². The summed E-state index contributed by atoms with van der Waals surface area (Å²) in [6.45, 7) is 2.44. The number of hydrogen-bond donors (Lipinski definition) is 2. The van der Waals surface area contributed by atoms with Gasteiger partial charge in [0.25, 0.3) is 0 Å². The molecule has 1 aromatic heterocycles. The number of rotatable bonds is 8. The maximum Gasteiger partial charge on any atom is 0.303 e. The summed E-state index contributed by atoms with van der Waals surface area (Å²) in [5, 5.41) is 11.3. The van der Waals surface area contributed by atoms with Gasteiger partial charge in [-0.1, -0.05) is 6.92 Å². The smallest absolute Gasteiger partial charge is 0.303 e. The molecule has 1 atom stereocenters. The van der Waals surface area contributed by atoms with Gasteiger partial charge >= 0.3 is 5.97 Å². The molecule has 0 aromatic carbocycles. The van der Waals surface area contributed by atoms with Gasteiger partial charge in [-0.05, 0) is 24.5 Å². The Kier molecular flexibility index (Phi) is 5.97. The molecule has 2 N–H and O–H groups in total. The first-order chi connectivity index (χ1) is 8.58. The van der Waals surface area contributed by atoms with Crippen molar-refractivity contribution in [1.82, 2.24) is 5.32 Å². The van der Waals surface area contributed by atoms with Crippen LogP contribution in [0.5, 0.6) is 0 Å². The molecule has 5 heteroatoms. The second-order valence-electron chi connectivity index (χ2n) is 4.42. The molecule has 1 heterocycles. The Morgan fingerprint density at radius 3 is 2.83 bits per heavy atom. The van der Waals surface area contributed by atoms with E-state index in [2.05, 4.69) is 5.32 Å². The lowest BCUT2D eigenvalue weighted by atomic mass is 10.1. The minimum Gasteiger partial charge on any atom is -0.481 e. The lowest BCUT2D eigenvalue weighted by Gasteiger charge is -2.11. The Morgan fingerprint density at radius 1 is 1.44 bits per heavy atom. The minimum atomic E-state index is -0.800. The molecule has 1 rings (SSSR count). The molecule has 18 heavy (non-hydrogen) atoms. The van der Waals surface area contributed by atoms with Crippen molar-refractivity contribution < 1.29 is 19.1 Å². The van der Waals surface area contributed by atoms with E-state index in [1.165, 1.54) is 0 Å². The number of furan rings is 1. The van der Waals surface area contributed by atoms with Crippen molar-refractivity contribution in [2.24, 2.45) is 5.92 Å². The normalized spacial score (nSPS) is 12.1. The van der Waals surface area contributed by atoms with E-state index in [0.29, 0.717) is 25.8 Å². The molecule has 5 nitrogen and oxygen atoms in total. The monoisotopic (exact) mass is 253 g/mol. The Labute approximate surface area is 106 Å². The number of carbonyl (C=O) groups is 2. The molecule has 0 spiro atoms. The van der Waals surface area contributed by atoms with E-state index in [9.17, 15) is 9.59 Å². The third-order valence-corrected chi connectivity index (χ3v) is 2.68. The average molecular weight is 253 g/mol. The summed E-state index contributed by atoms with van der Waals surface area (Å²) in [6, 6.07) is 3.63. The fourth-order valence-corrected chi connectivity index (χ4v) is 1.54. The lowest BCUT2D eigenvalue weighted by Crippen LogP contribution is -2.28. The standard InChI is InChI=1S/C13H19NO4/c1-10(4-7-13(16)17)9-14-12(15)6-5-11-3-2-8-18-11/h2-3,8,10H,4-7,9H2,1H3,(H,14,15)(H,16,17). The van der Waals surface area contributed by atoms with Crippen LogP contribution in [-0.2, 0) is 16.0 Å². The number of carbonyl (C=O) groups excluding carboxylic acids is 1. The summed E-state index contributed by atoms with van der Waals surface area (Å²) in [6.07, 6.45) is 3.28. The van der Waals surface area contributed by atoms with Gasteiger partial charge in [0.2, 0.25) is 5.91 Å². The van der Waals surface area contributed by atoms with Crippen LogP contribution in [0, 0.1) is 5.92 Å². The number of aliphatic carboxylic acids is 1. The maximum atomic E-state index is 11.5. The van der Waals surface area contributed by atoms with Crippen molar-refractivity contribution in [2.75, 3.05) is 6.54 Å². The van der Waals surface area contributed by atoms with Crippen LogP contribution in [0.4, 0.5) is 0 Å². The molecule has 0 aliphatic rings. The summed E-state index contributed by atoms with van der Waals surface area (Å²) in [7, 11) is 0. The van der Waals surface area contributed by atoms with Gasteiger partial charge in [-0.15, -0.1) is 0 Å². The third kappa shape index (κ3) is 6.08. The Balaban J connectivity index is 2.11. The van der Waals surface area contributed by atoms with Crippen LogP contribution in [0.15, 0.2) is 22.8 Å². The summed E-state index contributed by atoms with van der Waals surface area (Å²) in [4.78, 5) is 21.9. The van der Waals surface area contributed by atoms with E-state index >= 15 is 0 Å². The van der Waals surface area contributed by atoms with Gasteiger partial charge < -0.3 is 14.8 Å². The maximum absolute atomic E-state index is 11.5. The lowest BCUT2D eigenvalue weighted by molar-refractivity contribution is -0.137. The predicted octanol–water partition coefficient (Wildman–Crippen LogP) is 1.83. The van der Waals surface area contributed by atoms with E-state index in [1.54, 1.807) is 12.3 Å². The number of hydrogen-bond acceptors (Lipinski definition) is 3. The number of amides is 1. The molecular weight excluding hydrogens is 234 g/mol. The number of nitrogens with one attached hydrogen (secondary N) is 1. The van der Waals surface area contributed by atoms with Crippen LogP contribution < -0.4 is 5.32 Å². The van der Waals surface area contributed by atoms with Crippen LogP contribution >= 0.6 is 0 Å². The molecule has 100 valence electrons. The zero-order valence-electron chi connectivity index (χ0n) is 10.5. The Bertz CT molecular complexity index is 372. The summed E-state index contributed by atoms with van der Waals surface area (Å²) >= 11 is 0. The van der Waals surface area contributed by atoms with E-state index in [1.807, 2.05) is 13.0 Å². The molecule has 1 amide bonds. The third-order valence-electron chi connectivity index (χ3n) is 2.68. The first-order valence-electron chi connectivity index (χ1n) is 6.09. The van der Waals surface area contributed by atoms with Crippen LogP contribution in [0.1, 0.15) is 31.9 Å². The second kappa shape index (κ2) is 7.53. The van der Waals surface area contributed by atoms with E-state index < -0.39 is 5.97 Å². The van der Waals surface area contributed by atoms with Gasteiger partial charge in [-0.2, -0.15) is 0 Å². The number of carboxylic acid groups (broad SMARTS) is 1. The van der Waals surface area contributed by atoms with Crippen LogP contribution in [0.25, 0.3) is 0 Å². The van der Waals surface area contributed by atoms with Gasteiger partial charge in [-0.3, -0.25) is 9.59 Å². The highest BCUT2D eigenvalue weighted by Crippen LogP contribution is 2.05. The SMILES string of the molecule is CC(CCC(=O)O)CNC(=O)CCc1ccco1. The number of aryl methyl sites for hydroxylation is 1. The van der Waals surface area contributed by atoms with Crippen molar-refractivity contribution in [3.8, 4) is 0 Å². The van der Waals surface area contributed by atoms with Crippen molar-refractivity contribution >= 4 is 11.9 Å². The van der Waals surface area contributed by atoms with Gasteiger partial charge in [0.1, 0.15) is 5.76 Å². The van der Waals surface area contributed by atoms with Crippen LogP contribution in [-0.4, -0.2) is 23.5 Å². The van der Waals surface area contributed by atoms with Gasteiger partial charge in [0, 0.05) is 25.8 Å². The van der Waals surface area contributed by atoms with Gasteiger partial charge in [0.05, 0.1) is 6.26 Å². The molecule has 1 aromatic rings. The minimum absolute atomic E-state index is 0.0337. The largest absolute Gasteiger partial charge is 0.481 e. The van der Waals surface area contributed by atoms with Crippen molar-refractivity contribution in [2.45, 2.75) is 32.6 Å². The first-order valence-corrected chi connectivity index (χ1v) is 6.09. The highest BCUT2D eigenvalue weighted by atomic mass is 16.4.